The topological polar surface area (TPSA) is 92.8 Å². The lowest BCUT2D eigenvalue weighted by molar-refractivity contribution is -0.113. The Morgan fingerprint density at radius 1 is 1.32 bits per heavy atom. The molecule has 1 aromatic carbocycles. The fraction of sp³-hybridized carbons (Fsp3) is 0.360. The Morgan fingerprint density at radius 2 is 2.15 bits per heavy atom. The molecule has 34 heavy (non-hydrogen) atoms. The van der Waals surface area contributed by atoms with E-state index in [4.69, 9.17) is 4.74 Å². The third kappa shape index (κ3) is 5.34. The lowest BCUT2D eigenvalue weighted by Gasteiger charge is -2.09. The van der Waals surface area contributed by atoms with Gasteiger partial charge in [0.05, 0.1) is 18.4 Å². The molecule has 7 nitrogen and oxygen atoms in total. The number of thioether (sulfide) groups is 1. The van der Waals surface area contributed by atoms with Gasteiger partial charge in [-0.15, -0.1) is 28.1 Å². The molecular weight excluding hydrogens is 466 g/mol. The SMILES string of the molecule is C=CCn1c(SCC(=O)Nc2sc3c(c2C#N)CCCCCC3)nnc1-c1cccc(OC)c1. The van der Waals surface area contributed by atoms with Crippen molar-refractivity contribution >= 4 is 34.0 Å². The number of thiophene rings is 1. The molecule has 0 unspecified atom stereocenters. The summed E-state index contributed by atoms with van der Waals surface area (Å²) < 4.78 is 7.25. The van der Waals surface area contributed by atoms with Crippen LogP contribution < -0.4 is 10.1 Å². The first-order valence-electron chi connectivity index (χ1n) is 11.3. The molecule has 1 aliphatic rings. The van der Waals surface area contributed by atoms with Gasteiger partial charge in [-0.25, -0.2) is 0 Å². The summed E-state index contributed by atoms with van der Waals surface area (Å²) in [6.07, 6.45) is 8.32. The van der Waals surface area contributed by atoms with E-state index in [9.17, 15) is 10.1 Å². The van der Waals surface area contributed by atoms with Crippen molar-refractivity contribution in [3.8, 4) is 23.2 Å². The van der Waals surface area contributed by atoms with Crippen molar-refractivity contribution in [2.75, 3.05) is 18.2 Å². The zero-order valence-electron chi connectivity index (χ0n) is 19.2. The summed E-state index contributed by atoms with van der Waals surface area (Å²) in [5.41, 5.74) is 2.64. The number of amides is 1. The van der Waals surface area contributed by atoms with Crippen molar-refractivity contribution in [3.05, 3.63) is 52.9 Å². The first kappa shape index (κ1) is 24.0. The summed E-state index contributed by atoms with van der Waals surface area (Å²) in [4.78, 5) is 14.0. The number of hydrogen-bond donors (Lipinski definition) is 1. The van der Waals surface area contributed by atoms with Crippen molar-refractivity contribution in [1.29, 1.82) is 5.26 Å². The molecule has 1 aliphatic carbocycles. The number of nitrogens with zero attached hydrogens (tertiary/aromatic N) is 4. The number of allylic oxidation sites excluding steroid dienone is 1. The second-order valence-corrected chi connectivity index (χ2v) is 10.1. The quantitative estimate of drug-likeness (QED) is 0.331. The molecule has 2 heterocycles. The first-order valence-corrected chi connectivity index (χ1v) is 13.1. The van der Waals surface area contributed by atoms with Gasteiger partial charge in [-0.1, -0.05) is 42.8 Å². The maximum absolute atomic E-state index is 12.8. The van der Waals surface area contributed by atoms with Gasteiger partial charge in [0.25, 0.3) is 0 Å². The molecule has 1 amide bonds. The molecule has 2 aromatic heterocycles. The molecule has 9 heteroatoms. The van der Waals surface area contributed by atoms with Gasteiger partial charge in [-0.3, -0.25) is 9.36 Å². The van der Waals surface area contributed by atoms with Crippen LogP contribution in [0.15, 0.2) is 42.1 Å². The highest BCUT2D eigenvalue weighted by Crippen LogP contribution is 2.36. The van der Waals surface area contributed by atoms with E-state index in [0.29, 0.717) is 28.1 Å². The number of ether oxygens (including phenoxy) is 1. The van der Waals surface area contributed by atoms with Crippen LogP contribution in [0.1, 0.15) is 41.7 Å². The molecule has 0 spiro atoms. The summed E-state index contributed by atoms with van der Waals surface area (Å²) in [5, 5.41) is 22.7. The van der Waals surface area contributed by atoms with Crippen molar-refractivity contribution in [2.45, 2.75) is 50.2 Å². The van der Waals surface area contributed by atoms with Crippen LogP contribution in [0.5, 0.6) is 5.75 Å². The van der Waals surface area contributed by atoms with Gasteiger partial charge < -0.3 is 10.1 Å². The van der Waals surface area contributed by atoms with E-state index in [1.165, 1.54) is 29.5 Å². The molecule has 1 N–H and O–H groups in total. The van der Waals surface area contributed by atoms with Gasteiger partial charge in [-0.2, -0.15) is 5.26 Å². The number of carbonyl (C=O) groups excluding carboxylic acids is 1. The Labute approximate surface area is 207 Å². The number of benzene rings is 1. The number of nitriles is 1. The predicted molar refractivity (Wildman–Crippen MR) is 136 cm³/mol. The van der Waals surface area contributed by atoms with Crippen LogP contribution in [-0.2, 0) is 24.2 Å². The van der Waals surface area contributed by atoms with E-state index in [1.807, 2.05) is 28.8 Å². The Hall–Kier alpha value is -3.09. The van der Waals surface area contributed by atoms with Gasteiger partial charge in [-0.05, 0) is 43.4 Å². The standard InChI is InChI=1S/C25H27N5O2S2/c1-3-13-30-23(17-9-8-10-18(14-17)32-2)28-29-25(30)33-16-22(31)27-24-20(15-26)19-11-6-4-5-7-12-21(19)34-24/h3,8-10,14H,1,4-7,11-13,16H2,2H3,(H,27,31). The number of hydrogen-bond acceptors (Lipinski definition) is 7. The van der Waals surface area contributed by atoms with Gasteiger partial charge >= 0.3 is 0 Å². The van der Waals surface area contributed by atoms with Crippen LogP contribution in [0.25, 0.3) is 11.4 Å². The number of rotatable bonds is 8. The first-order chi connectivity index (χ1) is 16.6. The van der Waals surface area contributed by atoms with Gasteiger partial charge in [0.15, 0.2) is 11.0 Å². The molecule has 0 fully saturated rings. The summed E-state index contributed by atoms with van der Waals surface area (Å²) in [7, 11) is 1.62. The monoisotopic (exact) mass is 493 g/mol. The number of nitrogens with one attached hydrogen (secondary N) is 1. The number of anilines is 1. The minimum Gasteiger partial charge on any atom is -0.497 e. The summed E-state index contributed by atoms with van der Waals surface area (Å²) >= 11 is 2.87. The summed E-state index contributed by atoms with van der Waals surface area (Å²) in [6, 6.07) is 9.95. The fourth-order valence-corrected chi connectivity index (χ4v) is 6.09. The second-order valence-electron chi connectivity index (χ2n) is 8.01. The van der Waals surface area contributed by atoms with E-state index in [1.54, 1.807) is 24.5 Å². The van der Waals surface area contributed by atoms with Crippen LogP contribution in [-0.4, -0.2) is 33.5 Å². The zero-order valence-corrected chi connectivity index (χ0v) is 20.8. The van der Waals surface area contributed by atoms with Gasteiger partial charge in [0, 0.05) is 17.0 Å². The average molecular weight is 494 g/mol. The minimum absolute atomic E-state index is 0.160. The van der Waals surface area contributed by atoms with Crippen LogP contribution in [0.3, 0.4) is 0 Å². The maximum atomic E-state index is 12.8. The number of methoxy groups -OCH3 is 1. The van der Waals surface area contributed by atoms with E-state index in [2.05, 4.69) is 28.2 Å². The van der Waals surface area contributed by atoms with E-state index >= 15 is 0 Å². The summed E-state index contributed by atoms with van der Waals surface area (Å²) in [6.45, 7) is 4.36. The molecule has 176 valence electrons. The Bertz CT molecular complexity index is 1220. The van der Waals surface area contributed by atoms with Crippen LogP contribution in [0, 0.1) is 11.3 Å². The second kappa shape index (κ2) is 11.4. The Kier molecular flexibility index (Phi) is 8.03. The lowest BCUT2D eigenvalue weighted by atomic mass is 9.97. The smallest absolute Gasteiger partial charge is 0.235 e. The molecule has 0 aliphatic heterocycles. The average Bonchev–Trinajstić information content (AvgIpc) is 3.38. The van der Waals surface area contributed by atoms with E-state index in [0.717, 1.165) is 42.6 Å². The van der Waals surface area contributed by atoms with E-state index in [-0.39, 0.29) is 11.7 Å². The van der Waals surface area contributed by atoms with Crippen molar-refractivity contribution in [1.82, 2.24) is 14.8 Å². The van der Waals surface area contributed by atoms with Crippen LogP contribution >= 0.6 is 23.1 Å². The number of aromatic nitrogens is 3. The van der Waals surface area contributed by atoms with Crippen molar-refractivity contribution in [2.24, 2.45) is 0 Å². The Balaban J connectivity index is 1.48. The van der Waals surface area contributed by atoms with E-state index < -0.39 is 0 Å². The molecule has 3 aromatic rings. The van der Waals surface area contributed by atoms with Crippen molar-refractivity contribution in [3.63, 3.8) is 0 Å². The number of carbonyl (C=O) groups is 1. The largest absolute Gasteiger partial charge is 0.497 e. The highest BCUT2D eigenvalue weighted by Gasteiger charge is 2.21. The van der Waals surface area contributed by atoms with Crippen LogP contribution in [0.2, 0.25) is 0 Å². The highest BCUT2D eigenvalue weighted by atomic mass is 32.2. The highest BCUT2D eigenvalue weighted by molar-refractivity contribution is 7.99. The van der Waals surface area contributed by atoms with Crippen LogP contribution in [0.4, 0.5) is 5.00 Å². The molecule has 0 saturated carbocycles. The number of aryl methyl sites for hydroxylation is 1. The summed E-state index contributed by atoms with van der Waals surface area (Å²) in [5.74, 6) is 1.43. The normalized spacial score (nSPS) is 13.3. The molecular formula is C25H27N5O2S2. The zero-order chi connectivity index (χ0) is 23.9. The molecule has 4 rings (SSSR count). The predicted octanol–water partition coefficient (Wildman–Crippen LogP) is 5.46. The molecule has 0 bridgehead atoms. The molecule has 0 saturated heterocycles. The maximum Gasteiger partial charge on any atom is 0.235 e. The van der Waals surface area contributed by atoms with Gasteiger partial charge in [0.2, 0.25) is 5.91 Å². The third-order valence-electron chi connectivity index (χ3n) is 5.72. The molecule has 0 atom stereocenters. The third-order valence-corrected chi connectivity index (χ3v) is 7.90. The van der Waals surface area contributed by atoms with Crippen molar-refractivity contribution < 1.29 is 9.53 Å². The molecule has 0 radical (unpaired) electrons. The Morgan fingerprint density at radius 3 is 2.91 bits per heavy atom. The minimum atomic E-state index is -0.160. The lowest BCUT2D eigenvalue weighted by Crippen LogP contribution is -2.14. The number of fused-ring (bicyclic) bond motifs is 1. The van der Waals surface area contributed by atoms with Gasteiger partial charge in [0.1, 0.15) is 16.8 Å². The fourth-order valence-electron chi connectivity index (χ4n) is 4.08.